The first kappa shape index (κ1) is 11.4. The Kier molecular flexibility index (Phi) is 4.19. The van der Waals surface area contributed by atoms with Crippen molar-refractivity contribution in [2.24, 2.45) is 5.92 Å². The lowest BCUT2D eigenvalue weighted by atomic mass is 9.94. The molecule has 1 fully saturated rings. The number of nitrogens with one attached hydrogen (secondary N) is 1. The fraction of sp³-hybridized carbons (Fsp3) is 0.538. The Balaban J connectivity index is 1.78. The summed E-state index contributed by atoms with van der Waals surface area (Å²) in [5.74, 6) is 1.74. The van der Waals surface area contributed by atoms with Crippen molar-refractivity contribution >= 4 is 0 Å². The first-order valence-electron chi connectivity index (χ1n) is 5.80. The largest absolute Gasteiger partial charge is 0.491 e. The lowest BCUT2D eigenvalue weighted by molar-refractivity contribution is 0.146. The van der Waals surface area contributed by atoms with Gasteiger partial charge in [-0.05, 0) is 43.1 Å². The number of rotatable bonds is 6. The van der Waals surface area contributed by atoms with Crippen LogP contribution in [0.5, 0.6) is 5.75 Å². The van der Waals surface area contributed by atoms with Crippen LogP contribution in [0.4, 0.5) is 0 Å². The lowest BCUT2D eigenvalue weighted by Crippen LogP contribution is -2.43. The van der Waals surface area contributed by atoms with Gasteiger partial charge in [-0.1, -0.05) is 12.1 Å². The third kappa shape index (κ3) is 3.22. The van der Waals surface area contributed by atoms with Crippen LogP contribution in [0.1, 0.15) is 5.56 Å². The summed E-state index contributed by atoms with van der Waals surface area (Å²) >= 11 is 0. The maximum atomic E-state index is 5.51. The van der Waals surface area contributed by atoms with Crippen LogP contribution in [-0.2, 0) is 11.2 Å². The van der Waals surface area contributed by atoms with Gasteiger partial charge >= 0.3 is 0 Å². The number of benzene rings is 1. The molecule has 1 saturated heterocycles. The van der Waals surface area contributed by atoms with E-state index >= 15 is 0 Å². The standard InChI is InChI=1S/C13H19NO2/c1-15-6-7-16-13-4-2-11(3-5-13)8-12-9-14-10-12/h2-5,12,14H,6-10H2,1H3. The Morgan fingerprint density at radius 1 is 1.19 bits per heavy atom. The van der Waals surface area contributed by atoms with E-state index in [4.69, 9.17) is 9.47 Å². The quantitative estimate of drug-likeness (QED) is 0.738. The zero-order valence-electron chi connectivity index (χ0n) is 9.74. The van der Waals surface area contributed by atoms with Crippen molar-refractivity contribution < 1.29 is 9.47 Å². The van der Waals surface area contributed by atoms with E-state index in [1.165, 1.54) is 12.0 Å². The molecule has 1 aliphatic heterocycles. The van der Waals surface area contributed by atoms with Crippen molar-refractivity contribution in [3.8, 4) is 5.75 Å². The van der Waals surface area contributed by atoms with Crippen LogP contribution in [0.2, 0.25) is 0 Å². The highest BCUT2D eigenvalue weighted by atomic mass is 16.5. The molecule has 3 nitrogen and oxygen atoms in total. The summed E-state index contributed by atoms with van der Waals surface area (Å²) in [6.07, 6.45) is 1.17. The van der Waals surface area contributed by atoms with E-state index in [0.29, 0.717) is 13.2 Å². The van der Waals surface area contributed by atoms with Gasteiger partial charge in [0.15, 0.2) is 0 Å². The summed E-state index contributed by atoms with van der Waals surface area (Å²) in [4.78, 5) is 0. The van der Waals surface area contributed by atoms with E-state index in [1.54, 1.807) is 7.11 Å². The zero-order chi connectivity index (χ0) is 11.2. The van der Waals surface area contributed by atoms with Crippen LogP contribution >= 0.6 is 0 Å². The summed E-state index contributed by atoms with van der Waals surface area (Å²) in [6.45, 7) is 3.57. The SMILES string of the molecule is COCCOc1ccc(CC2CNC2)cc1. The molecule has 0 aromatic heterocycles. The molecule has 0 atom stereocenters. The van der Waals surface area contributed by atoms with Crippen LogP contribution in [0, 0.1) is 5.92 Å². The van der Waals surface area contributed by atoms with E-state index in [9.17, 15) is 0 Å². The predicted octanol–water partition coefficient (Wildman–Crippen LogP) is 1.47. The normalized spacial score (nSPS) is 15.8. The smallest absolute Gasteiger partial charge is 0.119 e. The molecule has 1 aliphatic rings. The molecule has 0 amide bonds. The van der Waals surface area contributed by atoms with Gasteiger partial charge in [0.1, 0.15) is 12.4 Å². The minimum atomic E-state index is 0.613. The molecule has 0 bridgehead atoms. The summed E-state index contributed by atoms with van der Waals surface area (Å²) in [5.41, 5.74) is 1.39. The highest BCUT2D eigenvalue weighted by Crippen LogP contribution is 2.16. The topological polar surface area (TPSA) is 30.5 Å². The molecular formula is C13H19NO2. The Morgan fingerprint density at radius 2 is 1.94 bits per heavy atom. The first-order valence-corrected chi connectivity index (χ1v) is 5.80. The van der Waals surface area contributed by atoms with Gasteiger partial charge in [0.25, 0.3) is 0 Å². The number of methoxy groups -OCH3 is 1. The Morgan fingerprint density at radius 3 is 2.50 bits per heavy atom. The number of hydrogen-bond donors (Lipinski definition) is 1. The maximum absolute atomic E-state index is 5.51. The average Bonchev–Trinajstić information content (AvgIpc) is 2.26. The Labute approximate surface area is 96.8 Å². The minimum Gasteiger partial charge on any atom is -0.491 e. The van der Waals surface area contributed by atoms with E-state index in [2.05, 4.69) is 17.4 Å². The minimum absolute atomic E-state index is 0.613. The van der Waals surface area contributed by atoms with Crippen molar-refractivity contribution in [1.29, 1.82) is 0 Å². The Hall–Kier alpha value is -1.06. The van der Waals surface area contributed by atoms with Gasteiger partial charge in [0.2, 0.25) is 0 Å². The van der Waals surface area contributed by atoms with Gasteiger partial charge in [0, 0.05) is 7.11 Å². The number of hydrogen-bond acceptors (Lipinski definition) is 3. The van der Waals surface area contributed by atoms with Crippen molar-refractivity contribution in [2.75, 3.05) is 33.4 Å². The van der Waals surface area contributed by atoms with E-state index in [-0.39, 0.29) is 0 Å². The molecule has 0 aliphatic carbocycles. The van der Waals surface area contributed by atoms with Crippen molar-refractivity contribution in [1.82, 2.24) is 5.32 Å². The molecule has 1 N–H and O–H groups in total. The molecule has 3 heteroatoms. The Bertz CT molecular complexity index is 306. The molecular weight excluding hydrogens is 202 g/mol. The van der Waals surface area contributed by atoms with Gasteiger partial charge in [-0.15, -0.1) is 0 Å². The second kappa shape index (κ2) is 5.87. The molecule has 16 heavy (non-hydrogen) atoms. The van der Waals surface area contributed by atoms with Gasteiger partial charge in [-0.3, -0.25) is 0 Å². The monoisotopic (exact) mass is 221 g/mol. The van der Waals surface area contributed by atoms with Gasteiger partial charge in [-0.2, -0.15) is 0 Å². The molecule has 1 aromatic carbocycles. The molecule has 0 radical (unpaired) electrons. The van der Waals surface area contributed by atoms with Gasteiger partial charge in [-0.25, -0.2) is 0 Å². The molecule has 2 rings (SSSR count). The van der Waals surface area contributed by atoms with Crippen LogP contribution in [-0.4, -0.2) is 33.4 Å². The molecule has 88 valence electrons. The fourth-order valence-corrected chi connectivity index (χ4v) is 1.79. The summed E-state index contributed by atoms with van der Waals surface area (Å²) in [5, 5.41) is 3.29. The third-order valence-corrected chi connectivity index (χ3v) is 2.87. The predicted molar refractivity (Wildman–Crippen MR) is 63.9 cm³/mol. The molecule has 1 heterocycles. The maximum Gasteiger partial charge on any atom is 0.119 e. The fourth-order valence-electron chi connectivity index (χ4n) is 1.79. The molecule has 0 spiro atoms. The first-order chi connectivity index (χ1) is 7.88. The number of ether oxygens (including phenoxy) is 2. The molecule has 1 aromatic rings. The molecule has 0 unspecified atom stereocenters. The third-order valence-electron chi connectivity index (χ3n) is 2.87. The second-order valence-corrected chi connectivity index (χ2v) is 4.21. The van der Waals surface area contributed by atoms with Crippen molar-refractivity contribution in [2.45, 2.75) is 6.42 Å². The van der Waals surface area contributed by atoms with Gasteiger partial charge in [0.05, 0.1) is 6.61 Å². The summed E-state index contributed by atoms with van der Waals surface area (Å²) in [7, 11) is 1.68. The van der Waals surface area contributed by atoms with E-state index in [1.807, 2.05) is 12.1 Å². The highest BCUT2D eigenvalue weighted by molar-refractivity contribution is 5.27. The summed E-state index contributed by atoms with van der Waals surface area (Å²) in [6, 6.07) is 8.38. The van der Waals surface area contributed by atoms with Crippen LogP contribution in [0.25, 0.3) is 0 Å². The summed E-state index contributed by atoms with van der Waals surface area (Å²) < 4.78 is 10.4. The van der Waals surface area contributed by atoms with Crippen molar-refractivity contribution in [3.63, 3.8) is 0 Å². The van der Waals surface area contributed by atoms with Crippen LogP contribution in [0.3, 0.4) is 0 Å². The van der Waals surface area contributed by atoms with Crippen molar-refractivity contribution in [3.05, 3.63) is 29.8 Å². The molecule has 0 saturated carbocycles. The van der Waals surface area contributed by atoms with Crippen LogP contribution < -0.4 is 10.1 Å². The lowest BCUT2D eigenvalue weighted by Gasteiger charge is -2.27. The average molecular weight is 221 g/mol. The zero-order valence-corrected chi connectivity index (χ0v) is 9.74. The highest BCUT2D eigenvalue weighted by Gasteiger charge is 2.16. The second-order valence-electron chi connectivity index (χ2n) is 4.21. The van der Waals surface area contributed by atoms with Crippen LogP contribution in [0.15, 0.2) is 24.3 Å². The van der Waals surface area contributed by atoms with E-state index < -0.39 is 0 Å². The van der Waals surface area contributed by atoms with Gasteiger partial charge < -0.3 is 14.8 Å². The van der Waals surface area contributed by atoms with E-state index in [0.717, 1.165) is 24.8 Å².